The molecule has 0 aliphatic carbocycles. The number of nitrogens with zero attached hydrogens (tertiary/aromatic N) is 3. The maximum atomic E-state index is 5.66. The minimum absolute atomic E-state index is 0.360. The third-order valence-corrected chi connectivity index (χ3v) is 2.53. The van der Waals surface area contributed by atoms with Crippen LogP contribution in [0.25, 0.3) is 0 Å². The second-order valence-electron chi connectivity index (χ2n) is 3.83. The molecular formula is C12H16N4O. The first-order valence-corrected chi connectivity index (χ1v) is 5.48. The first-order valence-electron chi connectivity index (χ1n) is 5.48. The average molecular weight is 232 g/mol. The molecule has 1 aromatic carbocycles. The van der Waals surface area contributed by atoms with E-state index in [0.717, 1.165) is 17.1 Å². The quantitative estimate of drug-likeness (QED) is 0.859. The molecule has 0 fully saturated rings. The fourth-order valence-electron chi connectivity index (χ4n) is 1.57. The summed E-state index contributed by atoms with van der Waals surface area (Å²) in [6, 6.07) is 7.86. The summed E-state index contributed by atoms with van der Waals surface area (Å²) in [5.41, 5.74) is 6.63. The molecule has 0 amide bonds. The molecule has 5 nitrogen and oxygen atoms in total. The van der Waals surface area contributed by atoms with Gasteiger partial charge >= 0.3 is 0 Å². The van der Waals surface area contributed by atoms with Crippen LogP contribution in [0.4, 0.5) is 0 Å². The Labute approximate surface area is 100 Å². The van der Waals surface area contributed by atoms with Crippen LogP contribution in [0.2, 0.25) is 0 Å². The van der Waals surface area contributed by atoms with Crippen molar-refractivity contribution in [2.45, 2.75) is 20.1 Å². The number of para-hydroxylation sites is 1. The Bertz CT molecular complexity index is 507. The van der Waals surface area contributed by atoms with Crippen LogP contribution in [0.1, 0.15) is 17.2 Å². The van der Waals surface area contributed by atoms with Gasteiger partial charge < -0.3 is 10.5 Å². The molecule has 17 heavy (non-hydrogen) atoms. The molecule has 90 valence electrons. The third-order valence-electron chi connectivity index (χ3n) is 2.53. The molecule has 0 saturated carbocycles. The Hall–Kier alpha value is -1.88. The van der Waals surface area contributed by atoms with Gasteiger partial charge in [-0.2, -0.15) is 5.10 Å². The van der Waals surface area contributed by atoms with Crippen molar-refractivity contribution in [2.75, 3.05) is 0 Å². The third kappa shape index (κ3) is 2.62. The Balaban J connectivity index is 2.05. The van der Waals surface area contributed by atoms with Crippen molar-refractivity contribution in [2.24, 2.45) is 12.8 Å². The molecule has 1 aromatic heterocycles. The number of rotatable bonds is 4. The molecule has 0 aliphatic rings. The van der Waals surface area contributed by atoms with Gasteiger partial charge in [0.2, 0.25) is 0 Å². The van der Waals surface area contributed by atoms with E-state index in [2.05, 4.69) is 10.1 Å². The minimum Gasteiger partial charge on any atom is -0.485 e. The molecule has 2 N–H and O–H groups in total. The van der Waals surface area contributed by atoms with E-state index < -0.39 is 0 Å². The van der Waals surface area contributed by atoms with Crippen LogP contribution >= 0.6 is 0 Å². The fourth-order valence-corrected chi connectivity index (χ4v) is 1.57. The average Bonchev–Trinajstić information content (AvgIpc) is 2.69. The van der Waals surface area contributed by atoms with Gasteiger partial charge in [-0.3, -0.25) is 4.68 Å². The number of hydrogen-bond acceptors (Lipinski definition) is 4. The van der Waals surface area contributed by atoms with E-state index in [0.29, 0.717) is 19.0 Å². The highest BCUT2D eigenvalue weighted by molar-refractivity contribution is 5.31. The van der Waals surface area contributed by atoms with E-state index in [-0.39, 0.29) is 0 Å². The summed E-state index contributed by atoms with van der Waals surface area (Å²) >= 11 is 0. The van der Waals surface area contributed by atoms with Crippen LogP contribution in [0.15, 0.2) is 24.3 Å². The molecule has 0 spiro atoms. The van der Waals surface area contributed by atoms with E-state index >= 15 is 0 Å². The van der Waals surface area contributed by atoms with Crippen LogP contribution in [0.3, 0.4) is 0 Å². The van der Waals surface area contributed by atoms with E-state index in [4.69, 9.17) is 10.5 Å². The SMILES string of the molecule is Cc1ccccc1OCc1nc(CN)n(C)n1. The second kappa shape index (κ2) is 4.97. The summed E-state index contributed by atoms with van der Waals surface area (Å²) < 4.78 is 7.33. The van der Waals surface area contributed by atoms with Gasteiger partial charge in [0.15, 0.2) is 5.82 Å². The predicted molar refractivity (Wildman–Crippen MR) is 64.4 cm³/mol. The highest BCUT2D eigenvalue weighted by atomic mass is 16.5. The molecule has 0 bridgehead atoms. The largest absolute Gasteiger partial charge is 0.485 e. The zero-order valence-electron chi connectivity index (χ0n) is 10.1. The maximum Gasteiger partial charge on any atom is 0.188 e. The number of aryl methyl sites for hydroxylation is 2. The van der Waals surface area contributed by atoms with Crippen molar-refractivity contribution in [3.05, 3.63) is 41.5 Å². The van der Waals surface area contributed by atoms with Crippen molar-refractivity contribution in [1.29, 1.82) is 0 Å². The van der Waals surface area contributed by atoms with E-state index in [1.54, 1.807) is 4.68 Å². The van der Waals surface area contributed by atoms with Gasteiger partial charge in [0.1, 0.15) is 18.2 Å². The lowest BCUT2D eigenvalue weighted by atomic mass is 10.2. The highest BCUT2D eigenvalue weighted by Gasteiger charge is 2.06. The number of aromatic nitrogens is 3. The van der Waals surface area contributed by atoms with Crippen molar-refractivity contribution in [1.82, 2.24) is 14.8 Å². The predicted octanol–water partition coefficient (Wildman–Crippen LogP) is 1.16. The smallest absolute Gasteiger partial charge is 0.188 e. The summed E-state index contributed by atoms with van der Waals surface area (Å²) in [5.74, 6) is 2.26. The summed E-state index contributed by atoms with van der Waals surface area (Å²) in [7, 11) is 1.83. The Kier molecular flexibility index (Phi) is 3.39. The van der Waals surface area contributed by atoms with Gasteiger partial charge in [-0.15, -0.1) is 0 Å². The lowest BCUT2D eigenvalue weighted by molar-refractivity contribution is 0.293. The molecule has 0 aliphatic heterocycles. The molecule has 0 radical (unpaired) electrons. The summed E-state index contributed by atoms with van der Waals surface area (Å²) in [6.45, 7) is 2.75. The zero-order valence-corrected chi connectivity index (χ0v) is 10.1. The Morgan fingerprint density at radius 3 is 2.76 bits per heavy atom. The molecule has 2 aromatic rings. The minimum atomic E-state index is 0.360. The number of benzene rings is 1. The molecule has 1 heterocycles. The number of nitrogens with two attached hydrogens (primary N) is 1. The lowest BCUT2D eigenvalue weighted by Crippen LogP contribution is -2.05. The van der Waals surface area contributed by atoms with Gasteiger partial charge in [0, 0.05) is 7.05 Å². The van der Waals surface area contributed by atoms with E-state index in [9.17, 15) is 0 Å². The monoisotopic (exact) mass is 232 g/mol. The summed E-state index contributed by atoms with van der Waals surface area (Å²) in [6.07, 6.45) is 0. The fraction of sp³-hybridized carbons (Fsp3) is 0.333. The molecule has 5 heteroatoms. The van der Waals surface area contributed by atoms with Crippen LogP contribution in [0.5, 0.6) is 5.75 Å². The van der Waals surface area contributed by atoms with Crippen LogP contribution in [-0.2, 0) is 20.2 Å². The summed E-state index contributed by atoms with van der Waals surface area (Å²) in [5, 5.41) is 4.23. The number of hydrogen-bond donors (Lipinski definition) is 1. The van der Waals surface area contributed by atoms with Gasteiger partial charge in [0.25, 0.3) is 0 Å². The van der Waals surface area contributed by atoms with Crippen molar-refractivity contribution >= 4 is 0 Å². The summed E-state index contributed by atoms with van der Waals surface area (Å²) in [4.78, 5) is 4.27. The lowest BCUT2D eigenvalue weighted by Gasteiger charge is -2.05. The molecular weight excluding hydrogens is 216 g/mol. The van der Waals surface area contributed by atoms with Crippen molar-refractivity contribution < 1.29 is 4.74 Å². The molecule has 0 atom stereocenters. The van der Waals surface area contributed by atoms with Gasteiger partial charge in [-0.25, -0.2) is 4.98 Å². The first-order chi connectivity index (χ1) is 8.20. The van der Waals surface area contributed by atoms with Crippen LogP contribution < -0.4 is 10.5 Å². The zero-order chi connectivity index (χ0) is 12.3. The van der Waals surface area contributed by atoms with Crippen molar-refractivity contribution in [3.63, 3.8) is 0 Å². The Morgan fingerprint density at radius 2 is 2.12 bits per heavy atom. The van der Waals surface area contributed by atoms with Gasteiger partial charge in [-0.1, -0.05) is 18.2 Å². The number of ether oxygens (including phenoxy) is 1. The standard InChI is InChI=1S/C12H16N4O/c1-9-5-3-4-6-10(9)17-8-11-14-12(7-13)16(2)15-11/h3-6H,7-8,13H2,1-2H3. The Morgan fingerprint density at radius 1 is 1.35 bits per heavy atom. The van der Waals surface area contributed by atoms with Crippen LogP contribution in [-0.4, -0.2) is 14.8 Å². The molecule has 2 rings (SSSR count). The van der Waals surface area contributed by atoms with Crippen LogP contribution in [0, 0.1) is 6.92 Å². The van der Waals surface area contributed by atoms with Gasteiger partial charge in [-0.05, 0) is 18.6 Å². The van der Waals surface area contributed by atoms with Gasteiger partial charge in [0.05, 0.1) is 6.54 Å². The van der Waals surface area contributed by atoms with Crippen molar-refractivity contribution in [3.8, 4) is 5.75 Å². The topological polar surface area (TPSA) is 66.0 Å². The first kappa shape index (κ1) is 11.6. The normalized spacial score (nSPS) is 10.5. The molecule has 0 saturated heterocycles. The second-order valence-corrected chi connectivity index (χ2v) is 3.83. The van der Waals surface area contributed by atoms with E-state index in [1.165, 1.54) is 0 Å². The van der Waals surface area contributed by atoms with E-state index in [1.807, 2.05) is 38.2 Å². The maximum absolute atomic E-state index is 5.66. The molecule has 0 unspecified atom stereocenters. The highest BCUT2D eigenvalue weighted by Crippen LogP contribution is 2.17.